The van der Waals surface area contributed by atoms with Crippen LogP contribution < -0.4 is 5.32 Å². The van der Waals surface area contributed by atoms with Crippen molar-refractivity contribution in [3.8, 4) is 0 Å². The molecule has 4 heteroatoms. The van der Waals surface area contributed by atoms with Crippen molar-refractivity contribution in [3.05, 3.63) is 18.2 Å². The highest BCUT2D eigenvalue weighted by Crippen LogP contribution is 2.05. The zero-order valence-electron chi connectivity index (χ0n) is 10.6. The molecule has 0 aliphatic rings. The number of nitrogens with zero attached hydrogens (tertiary/aromatic N) is 2. The zero-order chi connectivity index (χ0) is 11.8. The molecule has 0 amide bonds. The Hall–Kier alpha value is -0.870. The van der Waals surface area contributed by atoms with Gasteiger partial charge in [-0.05, 0) is 19.9 Å². The molecule has 1 unspecified atom stereocenters. The lowest BCUT2D eigenvalue weighted by molar-refractivity contribution is 0.182. The maximum Gasteiger partial charge on any atom is 0.110 e. The molecule has 1 aromatic rings. The normalized spacial score (nSPS) is 12.9. The first-order valence-corrected chi connectivity index (χ1v) is 6.04. The van der Waals surface area contributed by atoms with Crippen LogP contribution in [0.2, 0.25) is 0 Å². The van der Waals surface area contributed by atoms with Gasteiger partial charge in [-0.3, -0.25) is 0 Å². The third-order valence-corrected chi connectivity index (χ3v) is 2.73. The molecule has 0 spiro atoms. The number of likely N-dealkylation sites (N-methyl/N-ethyl adjacent to an activating group) is 1. The van der Waals surface area contributed by atoms with E-state index in [1.807, 2.05) is 12.4 Å². The van der Waals surface area contributed by atoms with Crippen LogP contribution in [0.4, 0.5) is 0 Å². The van der Waals surface area contributed by atoms with Gasteiger partial charge in [0.25, 0.3) is 0 Å². The molecule has 92 valence electrons. The van der Waals surface area contributed by atoms with Crippen molar-refractivity contribution >= 4 is 0 Å². The fourth-order valence-corrected chi connectivity index (χ4v) is 1.86. The van der Waals surface area contributed by atoms with E-state index in [1.165, 1.54) is 0 Å². The van der Waals surface area contributed by atoms with Crippen LogP contribution in [-0.2, 0) is 17.7 Å². The van der Waals surface area contributed by atoms with Crippen molar-refractivity contribution in [2.24, 2.45) is 0 Å². The lowest BCUT2D eigenvalue weighted by Gasteiger charge is -2.17. The lowest BCUT2D eigenvalue weighted by Crippen LogP contribution is -2.33. The van der Waals surface area contributed by atoms with Gasteiger partial charge in [0.2, 0.25) is 0 Å². The zero-order valence-corrected chi connectivity index (χ0v) is 10.6. The van der Waals surface area contributed by atoms with Crippen LogP contribution in [0.25, 0.3) is 0 Å². The Morgan fingerprint density at radius 2 is 2.31 bits per heavy atom. The summed E-state index contributed by atoms with van der Waals surface area (Å²) < 4.78 is 7.32. The summed E-state index contributed by atoms with van der Waals surface area (Å²) >= 11 is 0. The summed E-state index contributed by atoms with van der Waals surface area (Å²) in [5.41, 5.74) is 0. The molecule has 1 aromatic heterocycles. The predicted octanol–water partition coefficient (Wildman–Crippen LogP) is 1.46. The Balaban J connectivity index is 2.52. The SMILES string of the molecule is CCNC(CCOC)Cc1nccn1CC. The number of rotatable bonds is 8. The van der Waals surface area contributed by atoms with Gasteiger partial charge in [0.05, 0.1) is 0 Å². The highest BCUT2D eigenvalue weighted by atomic mass is 16.5. The monoisotopic (exact) mass is 225 g/mol. The summed E-state index contributed by atoms with van der Waals surface area (Å²) in [4.78, 5) is 4.40. The van der Waals surface area contributed by atoms with Crippen LogP contribution in [0.3, 0.4) is 0 Å². The Bertz CT molecular complexity index is 286. The van der Waals surface area contributed by atoms with Crippen LogP contribution in [0.1, 0.15) is 26.1 Å². The number of ether oxygens (including phenoxy) is 1. The lowest BCUT2D eigenvalue weighted by atomic mass is 10.1. The van der Waals surface area contributed by atoms with E-state index in [0.717, 1.165) is 38.4 Å². The van der Waals surface area contributed by atoms with Gasteiger partial charge in [-0.2, -0.15) is 0 Å². The summed E-state index contributed by atoms with van der Waals surface area (Å²) in [5, 5.41) is 3.47. The molecule has 0 aliphatic carbocycles. The molecule has 16 heavy (non-hydrogen) atoms. The van der Waals surface area contributed by atoms with Gasteiger partial charge in [-0.15, -0.1) is 0 Å². The quantitative estimate of drug-likeness (QED) is 0.728. The largest absolute Gasteiger partial charge is 0.385 e. The van der Waals surface area contributed by atoms with E-state index in [4.69, 9.17) is 4.74 Å². The molecule has 1 N–H and O–H groups in total. The molecule has 0 fully saturated rings. The van der Waals surface area contributed by atoms with E-state index in [2.05, 4.69) is 28.7 Å². The Labute approximate surface area is 98.0 Å². The smallest absolute Gasteiger partial charge is 0.110 e. The van der Waals surface area contributed by atoms with Crippen LogP contribution in [0, 0.1) is 0 Å². The van der Waals surface area contributed by atoms with Crippen molar-refractivity contribution in [3.63, 3.8) is 0 Å². The number of methoxy groups -OCH3 is 1. The van der Waals surface area contributed by atoms with Crippen molar-refractivity contribution in [1.82, 2.24) is 14.9 Å². The molecule has 4 nitrogen and oxygen atoms in total. The molecular weight excluding hydrogens is 202 g/mol. The summed E-state index contributed by atoms with van der Waals surface area (Å²) in [7, 11) is 1.75. The highest BCUT2D eigenvalue weighted by molar-refractivity contribution is 4.95. The molecule has 0 saturated heterocycles. The van der Waals surface area contributed by atoms with Crippen LogP contribution in [0.5, 0.6) is 0 Å². The number of imidazole rings is 1. The van der Waals surface area contributed by atoms with Gasteiger partial charge in [0, 0.05) is 45.1 Å². The number of nitrogens with one attached hydrogen (secondary N) is 1. The second-order valence-electron chi connectivity index (χ2n) is 3.87. The number of hydrogen-bond acceptors (Lipinski definition) is 3. The first kappa shape index (κ1) is 13.2. The van der Waals surface area contributed by atoms with E-state index in [-0.39, 0.29) is 0 Å². The van der Waals surface area contributed by atoms with E-state index < -0.39 is 0 Å². The fraction of sp³-hybridized carbons (Fsp3) is 0.750. The standard InChI is InChI=1S/C12H23N3O/c1-4-13-11(6-9-16-3)10-12-14-7-8-15(12)5-2/h7-8,11,13H,4-6,9-10H2,1-3H3. The predicted molar refractivity (Wildman–Crippen MR) is 65.6 cm³/mol. The molecule has 0 radical (unpaired) electrons. The molecule has 0 saturated carbocycles. The number of hydrogen-bond donors (Lipinski definition) is 1. The number of aromatic nitrogens is 2. The Morgan fingerprint density at radius 3 is 2.94 bits per heavy atom. The molecule has 1 rings (SSSR count). The molecule has 0 bridgehead atoms. The maximum atomic E-state index is 5.13. The van der Waals surface area contributed by atoms with Gasteiger partial charge < -0.3 is 14.6 Å². The molecule has 0 aliphatic heterocycles. The molecule has 0 aromatic carbocycles. The third-order valence-electron chi connectivity index (χ3n) is 2.73. The minimum atomic E-state index is 0.456. The Morgan fingerprint density at radius 1 is 1.50 bits per heavy atom. The summed E-state index contributed by atoms with van der Waals surface area (Å²) in [5.74, 6) is 1.16. The topological polar surface area (TPSA) is 39.1 Å². The first-order chi connectivity index (χ1) is 7.81. The van der Waals surface area contributed by atoms with Crippen LogP contribution >= 0.6 is 0 Å². The first-order valence-electron chi connectivity index (χ1n) is 6.04. The van der Waals surface area contributed by atoms with Gasteiger partial charge in [-0.25, -0.2) is 4.98 Å². The van der Waals surface area contributed by atoms with Gasteiger partial charge >= 0.3 is 0 Å². The minimum Gasteiger partial charge on any atom is -0.385 e. The Kier molecular flexibility index (Phi) is 6.11. The number of aryl methyl sites for hydroxylation is 1. The van der Waals surface area contributed by atoms with Gasteiger partial charge in [0.1, 0.15) is 5.82 Å². The van der Waals surface area contributed by atoms with Crippen LogP contribution in [-0.4, -0.2) is 35.9 Å². The third kappa shape index (κ3) is 3.94. The second-order valence-corrected chi connectivity index (χ2v) is 3.87. The summed E-state index contributed by atoms with van der Waals surface area (Å²) in [6.07, 6.45) is 5.91. The summed E-state index contributed by atoms with van der Waals surface area (Å²) in [6, 6.07) is 0.456. The molecule has 1 atom stereocenters. The molecule has 1 heterocycles. The maximum absolute atomic E-state index is 5.13. The van der Waals surface area contributed by atoms with Crippen molar-refractivity contribution in [2.75, 3.05) is 20.3 Å². The summed E-state index contributed by atoms with van der Waals surface area (Å²) in [6.45, 7) is 7.04. The average Bonchev–Trinajstić information content (AvgIpc) is 2.73. The highest BCUT2D eigenvalue weighted by Gasteiger charge is 2.11. The minimum absolute atomic E-state index is 0.456. The van der Waals surface area contributed by atoms with Crippen LogP contribution in [0.15, 0.2) is 12.4 Å². The average molecular weight is 225 g/mol. The second kappa shape index (κ2) is 7.41. The van der Waals surface area contributed by atoms with E-state index in [1.54, 1.807) is 7.11 Å². The van der Waals surface area contributed by atoms with Crippen molar-refractivity contribution < 1.29 is 4.74 Å². The molecular formula is C12H23N3O. The van der Waals surface area contributed by atoms with E-state index in [9.17, 15) is 0 Å². The van der Waals surface area contributed by atoms with Crippen molar-refractivity contribution in [1.29, 1.82) is 0 Å². The fourth-order valence-electron chi connectivity index (χ4n) is 1.86. The van der Waals surface area contributed by atoms with Gasteiger partial charge in [0.15, 0.2) is 0 Å². The van der Waals surface area contributed by atoms with E-state index >= 15 is 0 Å². The van der Waals surface area contributed by atoms with Gasteiger partial charge in [-0.1, -0.05) is 6.92 Å². The van der Waals surface area contributed by atoms with Crippen molar-refractivity contribution in [2.45, 2.75) is 39.3 Å². The van der Waals surface area contributed by atoms with E-state index in [0.29, 0.717) is 6.04 Å².